The number of hydrogen-bond acceptors (Lipinski definition) is 1. The largest absolute Gasteiger partial charge is 0.288 e. The molecule has 1 nitrogen and oxygen atoms in total. The molecule has 0 fully saturated rings. The molecule has 0 spiro atoms. The van der Waals surface area contributed by atoms with Gasteiger partial charge in [-0.05, 0) is 31.8 Å². The van der Waals surface area contributed by atoms with Gasteiger partial charge < -0.3 is 0 Å². The molecule has 114 valence electrons. The maximum atomic E-state index is 12.5. The third-order valence-electron chi connectivity index (χ3n) is 3.57. The molecule has 0 saturated heterocycles. The predicted octanol–water partition coefficient (Wildman–Crippen LogP) is 6.11. The molecule has 1 aromatic carbocycles. The SMILES string of the molecule is CCCCCC=C=C(CCCCC)C(=O)c1ccccc1. The normalized spacial score (nSPS) is 10.0. The number of unbranched alkanes of at least 4 members (excludes halogenated alkanes) is 5. The second-order valence-electron chi connectivity index (χ2n) is 5.48. The van der Waals surface area contributed by atoms with Crippen LogP contribution in [0.5, 0.6) is 0 Å². The van der Waals surface area contributed by atoms with Gasteiger partial charge in [-0.15, -0.1) is 5.73 Å². The number of carbonyl (C=O) groups excluding carboxylic acids is 1. The highest BCUT2D eigenvalue weighted by Gasteiger charge is 2.10. The fourth-order valence-electron chi connectivity index (χ4n) is 2.26. The fourth-order valence-corrected chi connectivity index (χ4v) is 2.26. The van der Waals surface area contributed by atoms with Crippen LogP contribution < -0.4 is 0 Å². The highest BCUT2D eigenvalue weighted by molar-refractivity contribution is 6.08. The zero-order valence-electron chi connectivity index (χ0n) is 13.5. The molecule has 0 aliphatic rings. The topological polar surface area (TPSA) is 17.1 Å². The number of allylic oxidation sites excluding steroid dienone is 1. The fraction of sp³-hybridized carbons (Fsp3) is 0.500. The van der Waals surface area contributed by atoms with Gasteiger partial charge in [0.1, 0.15) is 0 Å². The van der Waals surface area contributed by atoms with E-state index < -0.39 is 0 Å². The first kappa shape index (κ1) is 17.5. The summed E-state index contributed by atoms with van der Waals surface area (Å²) in [5.41, 5.74) is 4.89. The Morgan fingerprint density at radius 2 is 1.67 bits per heavy atom. The van der Waals surface area contributed by atoms with E-state index in [9.17, 15) is 4.79 Å². The van der Waals surface area contributed by atoms with E-state index in [1.54, 1.807) is 0 Å². The van der Waals surface area contributed by atoms with Crippen LogP contribution in [0.15, 0.2) is 47.7 Å². The Labute approximate surface area is 129 Å². The van der Waals surface area contributed by atoms with Crippen molar-refractivity contribution in [1.82, 2.24) is 0 Å². The molecule has 0 bridgehead atoms. The van der Waals surface area contributed by atoms with Crippen LogP contribution in [0.25, 0.3) is 0 Å². The van der Waals surface area contributed by atoms with Gasteiger partial charge in [-0.2, -0.15) is 0 Å². The minimum atomic E-state index is 0.137. The summed E-state index contributed by atoms with van der Waals surface area (Å²) in [7, 11) is 0. The average molecular weight is 284 g/mol. The molecule has 0 unspecified atom stereocenters. The molecule has 0 aliphatic carbocycles. The van der Waals surface area contributed by atoms with Crippen molar-refractivity contribution in [3.05, 3.63) is 53.3 Å². The Balaban J connectivity index is 2.76. The highest BCUT2D eigenvalue weighted by Crippen LogP contribution is 2.15. The summed E-state index contributed by atoms with van der Waals surface area (Å²) in [6.07, 6.45) is 11.0. The van der Waals surface area contributed by atoms with Gasteiger partial charge in [0.05, 0.1) is 0 Å². The number of benzene rings is 1. The molecule has 0 heterocycles. The highest BCUT2D eigenvalue weighted by atomic mass is 16.1. The summed E-state index contributed by atoms with van der Waals surface area (Å²) >= 11 is 0. The van der Waals surface area contributed by atoms with Crippen molar-refractivity contribution >= 4 is 5.78 Å². The zero-order chi connectivity index (χ0) is 15.3. The number of rotatable bonds is 10. The van der Waals surface area contributed by atoms with Gasteiger partial charge in [0.2, 0.25) is 0 Å². The molecule has 0 atom stereocenters. The summed E-state index contributed by atoms with van der Waals surface area (Å²) in [5.74, 6) is 0.137. The smallest absolute Gasteiger partial charge is 0.196 e. The van der Waals surface area contributed by atoms with E-state index in [0.29, 0.717) is 0 Å². The minimum Gasteiger partial charge on any atom is -0.288 e. The monoisotopic (exact) mass is 284 g/mol. The third kappa shape index (κ3) is 7.11. The Bertz CT molecular complexity index is 464. The van der Waals surface area contributed by atoms with Crippen molar-refractivity contribution in [2.24, 2.45) is 0 Å². The van der Waals surface area contributed by atoms with Gasteiger partial charge in [-0.25, -0.2) is 0 Å². The van der Waals surface area contributed by atoms with Crippen molar-refractivity contribution in [1.29, 1.82) is 0 Å². The lowest BCUT2D eigenvalue weighted by molar-refractivity contribution is 0.103. The summed E-state index contributed by atoms with van der Waals surface area (Å²) in [6.45, 7) is 4.39. The van der Waals surface area contributed by atoms with Crippen LogP contribution in [0.1, 0.15) is 75.6 Å². The maximum Gasteiger partial charge on any atom is 0.196 e. The Morgan fingerprint density at radius 1 is 1.00 bits per heavy atom. The summed E-state index contributed by atoms with van der Waals surface area (Å²) < 4.78 is 0. The van der Waals surface area contributed by atoms with Crippen LogP contribution in [0, 0.1) is 0 Å². The van der Waals surface area contributed by atoms with E-state index in [1.807, 2.05) is 30.3 Å². The van der Waals surface area contributed by atoms with Crippen LogP contribution >= 0.6 is 0 Å². The first-order valence-corrected chi connectivity index (χ1v) is 8.33. The number of carbonyl (C=O) groups is 1. The van der Waals surface area contributed by atoms with Crippen LogP contribution in [0.2, 0.25) is 0 Å². The van der Waals surface area contributed by atoms with Crippen LogP contribution in [-0.2, 0) is 0 Å². The summed E-state index contributed by atoms with van der Waals surface area (Å²) in [4.78, 5) is 12.5. The lowest BCUT2D eigenvalue weighted by Gasteiger charge is -2.04. The molecule has 0 saturated carbocycles. The number of Topliss-reactive ketones (excluding diaryl/α,β-unsaturated/α-hetero) is 1. The second-order valence-corrected chi connectivity index (χ2v) is 5.48. The zero-order valence-corrected chi connectivity index (χ0v) is 13.5. The molecule has 1 rings (SSSR count). The molecule has 1 heteroatoms. The van der Waals surface area contributed by atoms with Gasteiger partial charge in [0.25, 0.3) is 0 Å². The van der Waals surface area contributed by atoms with Gasteiger partial charge in [0.15, 0.2) is 5.78 Å². The van der Waals surface area contributed by atoms with E-state index in [2.05, 4.69) is 25.7 Å². The van der Waals surface area contributed by atoms with Gasteiger partial charge in [0, 0.05) is 11.1 Å². The maximum absolute atomic E-state index is 12.5. The van der Waals surface area contributed by atoms with Gasteiger partial charge >= 0.3 is 0 Å². The number of ketones is 1. The van der Waals surface area contributed by atoms with Crippen molar-refractivity contribution in [2.45, 2.75) is 65.2 Å². The first-order valence-electron chi connectivity index (χ1n) is 8.33. The van der Waals surface area contributed by atoms with Gasteiger partial charge in [-0.1, -0.05) is 69.9 Å². The third-order valence-corrected chi connectivity index (χ3v) is 3.57. The molecular formula is C20H28O. The lowest BCUT2D eigenvalue weighted by Crippen LogP contribution is -2.02. The molecule has 1 aromatic rings. The molecule has 0 amide bonds. The standard InChI is InChI=1S/C20H28O/c1-3-5-7-8-11-15-18(14-10-6-4-2)20(21)19-16-12-9-13-17-19/h9,11-13,16-17H,3-8,10,14H2,1-2H3. The van der Waals surface area contributed by atoms with Crippen molar-refractivity contribution in [3.63, 3.8) is 0 Å². The predicted molar refractivity (Wildman–Crippen MR) is 90.7 cm³/mol. The number of hydrogen-bond donors (Lipinski definition) is 0. The van der Waals surface area contributed by atoms with E-state index in [-0.39, 0.29) is 5.78 Å². The van der Waals surface area contributed by atoms with Crippen LogP contribution in [0.4, 0.5) is 0 Å². The summed E-state index contributed by atoms with van der Waals surface area (Å²) in [6, 6.07) is 9.56. The molecule has 0 aromatic heterocycles. The Hall–Kier alpha value is -1.59. The minimum absolute atomic E-state index is 0.137. The van der Waals surface area contributed by atoms with E-state index >= 15 is 0 Å². The van der Waals surface area contributed by atoms with E-state index in [1.165, 1.54) is 32.1 Å². The molecule has 0 radical (unpaired) electrons. The lowest BCUT2D eigenvalue weighted by atomic mass is 9.99. The van der Waals surface area contributed by atoms with Crippen LogP contribution in [0.3, 0.4) is 0 Å². The average Bonchev–Trinajstić information content (AvgIpc) is 2.53. The molecule has 0 aliphatic heterocycles. The summed E-state index contributed by atoms with van der Waals surface area (Å²) in [5, 5.41) is 0. The van der Waals surface area contributed by atoms with Crippen molar-refractivity contribution in [3.8, 4) is 0 Å². The second kappa shape index (κ2) is 11.1. The molecular weight excluding hydrogens is 256 g/mol. The van der Waals surface area contributed by atoms with Crippen LogP contribution in [-0.4, -0.2) is 5.78 Å². The first-order chi connectivity index (χ1) is 10.3. The van der Waals surface area contributed by atoms with Gasteiger partial charge in [-0.3, -0.25) is 4.79 Å². The molecule has 0 N–H and O–H groups in total. The quantitative estimate of drug-likeness (QED) is 0.219. The van der Waals surface area contributed by atoms with Crippen molar-refractivity contribution in [2.75, 3.05) is 0 Å². The van der Waals surface area contributed by atoms with E-state index in [0.717, 1.165) is 30.4 Å². The molecule has 21 heavy (non-hydrogen) atoms. The Morgan fingerprint density at radius 3 is 2.33 bits per heavy atom. The van der Waals surface area contributed by atoms with Crippen molar-refractivity contribution < 1.29 is 4.79 Å². The van der Waals surface area contributed by atoms with E-state index in [4.69, 9.17) is 0 Å². The Kier molecular flexibility index (Phi) is 9.24.